The largest absolute Gasteiger partial charge is 0.381 e. The first-order valence-electron chi connectivity index (χ1n) is 6.69. The fourth-order valence-electron chi connectivity index (χ4n) is 2.65. The normalized spacial score (nSPS) is 26.2. The van der Waals surface area contributed by atoms with Crippen LogP contribution in [0.5, 0.6) is 0 Å². The maximum absolute atomic E-state index is 5.69. The van der Waals surface area contributed by atoms with Crippen molar-refractivity contribution in [3.8, 4) is 0 Å². The molecule has 3 heteroatoms. The summed E-state index contributed by atoms with van der Waals surface area (Å²) in [5.74, 6) is 0. The maximum Gasteiger partial charge on any atom is 0.0546 e. The van der Waals surface area contributed by atoms with Crippen LogP contribution in [-0.2, 0) is 4.74 Å². The molecule has 1 aliphatic heterocycles. The molecule has 1 unspecified atom stereocenters. The maximum atomic E-state index is 5.69. The molecule has 1 rings (SSSR count). The summed E-state index contributed by atoms with van der Waals surface area (Å²) in [6.07, 6.45) is 3.74. The standard InChI is InChI=1S/C13H28N2O/c1-4-8-15(3)11-13(10-14-5-2)7-6-9-16-12-13/h14H,4-12H2,1-3H3. The zero-order valence-corrected chi connectivity index (χ0v) is 11.2. The molecule has 0 bridgehead atoms. The van der Waals surface area contributed by atoms with Crippen molar-refractivity contribution in [2.45, 2.75) is 33.1 Å². The molecular formula is C13H28N2O. The highest BCUT2D eigenvalue weighted by Gasteiger charge is 2.33. The van der Waals surface area contributed by atoms with Crippen LogP contribution >= 0.6 is 0 Å². The molecule has 0 saturated carbocycles. The highest BCUT2D eigenvalue weighted by atomic mass is 16.5. The molecule has 0 spiro atoms. The van der Waals surface area contributed by atoms with E-state index in [-0.39, 0.29) is 0 Å². The molecule has 1 N–H and O–H groups in total. The average Bonchev–Trinajstić information content (AvgIpc) is 2.28. The van der Waals surface area contributed by atoms with Crippen molar-refractivity contribution in [2.24, 2.45) is 5.41 Å². The van der Waals surface area contributed by atoms with Crippen LogP contribution in [0.4, 0.5) is 0 Å². The number of hydrogen-bond acceptors (Lipinski definition) is 3. The smallest absolute Gasteiger partial charge is 0.0546 e. The summed E-state index contributed by atoms with van der Waals surface area (Å²) in [7, 11) is 2.23. The Morgan fingerprint density at radius 3 is 2.75 bits per heavy atom. The minimum Gasteiger partial charge on any atom is -0.381 e. The van der Waals surface area contributed by atoms with Gasteiger partial charge in [0.05, 0.1) is 6.61 Å². The fourth-order valence-corrected chi connectivity index (χ4v) is 2.65. The molecule has 0 aromatic rings. The molecule has 0 amide bonds. The molecule has 1 aliphatic rings. The third-order valence-corrected chi connectivity index (χ3v) is 3.36. The molecule has 3 nitrogen and oxygen atoms in total. The zero-order valence-electron chi connectivity index (χ0n) is 11.2. The number of hydrogen-bond donors (Lipinski definition) is 1. The van der Waals surface area contributed by atoms with Gasteiger partial charge in [-0.3, -0.25) is 0 Å². The molecule has 0 aromatic heterocycles. The van der Waals surface area contributed by atoms with Gasteiger partial charge in [0.15, 0.2) is 0 Å². The second-order valence-electron chi connectivity index (χ2n) is 5.17. The molecule has 1 saturated heterocycles. The van der Waals surface area contributed by atoms with Crippen LogP contribution in [0.15, 0.2) is 0 Å². The van der Waals surface area contributed by atoms with E-state index in [4.69, 9.17) is 4.74 Å². The minimum atomic E-state index is 0.345. The van der Waals surface area contributed by atoms with E-state index in [0.29, 0.717) is 5.41 Å². The SMILES string of the molecule is CCCN(C)CC1(CNCC)CCCOC1. The first-order valence-corrected chi connectivity index (χ1v) is 6.69. The van der Waals surface area contributed by atoms with Crippen LogP contribution in [0, 0.1) is 5.41 Å². The third kappa shape index (κ3) is 4.40. The van der Waals surface area contributed by atoms with E-state index in [2.05, 4.69) is 31.1 Å². The van der Waals surface area contributed by atoms with E-state index in [0.717, 1.165) is 32.8 Å². The topological polar surface area (TPSA) is 24.5 Å². The molecule has 0 radical (unpaired) electrons. The van der Waals surface area contributed by atoms with Gasteiger partial charge in [-0.25, -0.2) is 0 Å². The summed E-state index contributed by atoms with van der Waals surface area (Å²) in [6.45, 7) is 10.8. The molecule has 0 aliphatic carbocycles. The van der Waals surface area contributed by atoms with Gasteiger partial charge in [-0.05, 0) is 39.4 Å². The quantitative estimate of drug-likeness (QED) is 0.718. The van der Waals surface area contributed by atoms with Gasteiger partial charge in [-0.1, -0.05) is 13.8 Å². The fraction of sp³-hybridized carbons (Fsp3) is 1.00. The summed E-state index contributed by atoms with van der Waals surface area (Å²) < 4.78 is 5.69. The number of nitrogens with zero attached hydrogens (tertiary/aromatic N) is 1. The summed E-state index contributed by atoms with van der Waals surface area (Å²) in [5.41, 5.74) is 0.345. The van der Waals surface area contributed by atoms with Gasteiger partial charge in [0.25, 0.3) is 0 Å². The second kappa shape index (κ2) is 7.25. The van der Waals surface area contributed by atoms with E-state index in [1.165, 1.54) is 25.8 Å². The van der Waals surface area contributed by atoms with Crippen LogP contribution in [0.25, 0.3) is 0 Å². The van der Waals surface area contributed by atoms with Crippen molar-refractivity contribution in [1.82, 2.24) is 10.2 Å². The van der Waals surface area contributed by atoms with E-state index in [1.54, 1.807) is 0 Å². The van der Waals surface area contributed by atoms with Crippen molar-refractivity contribution in [1.29, 1.82) is 0 Å². The Morgan fingerprint density at radius 2 is 2.19 bits per heavy atom. The van der Waals surface area contributed by atoms with Crippen LogP contribution in [0.1, 0.15) is 33.1 Å². The van der Waals surface area contributed by atoms with Gasteiger partial charge < -0.3 is 15.0 Å². The van der Waals surface area contributed by atoms with Gasteiger partial charge in [-0.15, -0.1) is 0 Å². The molecule has 1 heterocycles. The van der Waals surface area contributed by atoms with Crippen molar-refractivity contribution >= 4 is 0 Å². The second-order valence-corrected chi connectivity index (χ2v) is 5.17. The molecule has 1 fully saturated rings. The van der Waals surface area contributed by atoms with Crippen LogP contribution in [0.2, 0.25) is 0 Å². The van der Waals surface area contributed by atoms with Crippen LogP contribution in [0.3, 0.4) is 0 Å². The predicted octanol–water partition coefficient (Wildman–Crippen LogP) is 1.73. The Morgan fingerprint density at radius 1 is 1.38 bits per heavy atom. The Balaban J connectivity index is 2.47. The van der Waals surface area contributed by atoms with Crippen LogP contribution < -0.4 is 5.32 Å². The van der Waals surface area contributed by atoms with E-state index in [1.807, 2.05) is 0 Å². The zero-order chi connectivity index (χ0) is 11.9. The van der Waals surface area contributed by atoms with Crippen molar-refractivity contribution in [3.05, 3.63) is 0 Å². The average molecular weight is 228 g/mol. The first kappa shape index (κ1) is 13.9. The van der Waals surface area contributed by atoms with Crippen molar-refractivity contribution in [2.75, 3.05) is 46.4 Å². The Bertz CT molecular complexity index is 179. The monoisotopic (exact) mass is 228 g/mol. The Kier molecular flexibility index (Phi) is 6.32. The summed E-state index contributed by atoms with van der Waals surface area (Å²) in [5, 5.41) is 3.50. The highest BCUT2D eigenvalue weighted by molar-refractivity contribution is 4.86. The Hall–Kier alpha value is -0.120. The lowest BCUT2D eigenvalue weighted by atomic mass is 9.81. The number of ether oxygens (including phenoxy) is 1. The van der Waals surface area contributed by atoms with E-state index < -0.39 is 0 Å². The molecule has 96 valence electrons. The lowest BCUT2D eigenvalue weighted by molar-refractivity contribution is -0.0224. The number of nitrogens with one attached hydrogen (secondary N) is 1. The molecular weight excluding hydrogens is 200 g/mol. The lowest BCUT2D eigenvalue weighted by Gasteiger charge is -2.40. The van der Waals surface area contributed by atoms with Gasteiger partial charge in [0.2, 0.25) is 0 Å². The lowest BCUT2D eigenvalue weighted by Crippen LogP contribution is -2.48. The van der Waals surface area contributed by atoms with Gasteiger partial charge in [0.1, 0.15) is 0 Å². The van der Waals surface area contributed by atoms with Crippen molar-refractivity contribution in [3.63, 3.8) is 0 Å². The molecule has 1 atom stereocenters. The highest BCUT2D eigenvalue weighted by Crippen LogP contribution is 2.28. The summed E-state index contributed by atoms with van der Waals surface area (Å²) in [6, 6.07) is 0. The summed E-state index contributed by atoms with van der Waals surface area (Å²) >= 11 is 0. The van der Waals surface area contributed by atoms with Crippen molar-refractivity contribution < 1.29 is 4.74 Å². The minimum absolute atomic E-state index is 0.345. The first-order chi connectivity index (χ1) is 7.72. The predicted molar refractivity (Wildman–Crippen MR) is 68.8 cm³/mol. The van der Waals surface area contributed by atoms with Gasteiger partial charge in [-0.2, -0.15) is 0 Å². The van der Waals surface area contributed by atoms with E-state index in [9.17, 15) is 0 Å². The summed E-state index contributed by atoms with van der Waals surface area (Å²) in [4.78, 5) is 2.45. The van der Waals surface area contributed by atoms with Gasteiger partial charge in [0, 0.05) is 25.1 Å². The van der Waals surface area contributed by atoms with Gasteiger partial charge >= 0.3 is 0 Å². The number of rotatable bonds is 7. The third-order valence-electron chi connectivity index (χ3n) is 3.36. The molecule has 0 aromatic carbocycles. The molecule has 16 heavy (non-hydrogen) atoms. The Labute approximate surface area is 101 Å². The van der Waals surface area contributed by atoms with E-state index >= 15 is 0 Å². The van der Waals surface area contributed by atoms with Crippen LogP contribution in [-0.4, -0.2) is 51.3 Å².